The minimum atomic E-state index is -0.898. The van der Waals surface area contributed by atoms with Crippen molar-refractivity contribution in [3.8, 4) is 11.5 Å². The van der Waals surface area contributed by atoms with Crippen molar-refractivity contribution in [3.05, 3.63) is 52.8 Å². The first kappa shape index (κ1) is 13.6. The Kier molecular flexibility index (Phi) is 2.74. The molecular weight excluding hydrogens is 312 g/mol. The maximum absolute atomic E-state index is 6.27. The van der Waals surface area contributed by atoms with Crippen molar-refractivity contribution < 1.29 is 9.47 Å². The molecule has 2 aliphatic heterocycles. The molecule has 1 aliphatic carbocycles. The normalized spacial score (nSPS) is 33.6. The lowest BCUT2D eigenvalue weighted by Crippen LogP contribution is -2.32. The summed E-state index contributed by atoms with van der Waals surface area (Å²) in [6, 6.07) is 9.86. The van der Waals surface area contributed by atoms with Crippen LogP contribution in [-0.4, -0.2) is 18.1 Å². The van der Waals surface area contributed by atoms with Crippen LogP contribution >= 0.6 is 11.6 Å². The number of fused-ring (bicyclic) bond motifs is 2. The molecule has 0 radical (unpaired) electrons. The Bertz CT molecular complexity index is 769. The molecule has 3 aliphatic rings. The first-order valence-corrected chi connectivity index (χ1v) is 8.37. The van der Waals surface area contributed by atoms with Gasteiger partial charge in [-0.2, -0.15) is 0 Å². The van der Waals surface area contributed by atoms with Gasteiger partial charge in [0.15, 0.2) is 11.5 Å². The first-order chi connectivity index (χ1) is 11.2. The number of benzene rings is 1. The Morgan fingerprint density at radius 2 is 2.00 bits per heavy atom. The first-order valence-electron chi connectivity index (χ1n) is 7.99. The quantitative estimate of drug-likeness (QED) is 0.918. The van der Waals surface area contributed by atoms with Crippen LogP contribution in [-0.2, 0) is 5.79 Å². The summed E-state index contributed by atoms with van der Waals surface area (Å²) in [7, 11) is 0. The molecule has 0 amide bonds. The van der Waals surface area contributed by atoms with E-state index in [2.05, 4.69) is 22.4 Å². The molecule has 5 rings (SSSR count). The molecule has 1 unspecified atom stereocenters. The molecule has 4 atom stereocenters. The largest absolute Gasteiger partial charge is 0.443 e. The number of pyridine rings is 1. The van der Waals surface area contributed by atoms with E-state index in [1.54, 1.807) is 6.20 Å². The number of piperidine rings is 1. The molecule has 5 heteroatoms. The van der Waals surface area contributed by atoms with Crippen molar-refractivity contribution in [2.24, 2.45) is 11.8 Å². The lowest BCUT2D eigenvalue weighted by Gasteiger charge is -2.22. The van der Waals surface area contributed by atoms with Gasteiger partial charge >= 0.3 is 0 Å². The fourth-order valence-corrected chi connectivity index (χ4v) is 4.15. The molecule has 0 spiro atoms. The maximum Gasteiger partial charge on any atom is 0.292 e. The number of nitrogens with zero attached hydrogens (tertiary/aromatic N) is 1. The minimum Gasteiger partial charge on any atom is -0.443 e. The number of aromatic nitrogens is 1. The van der Waals surface area contributed by atoms with Crippen LogP contribution in [0.25, 0.3) is 0 Å². The Labute approximate surface area is 139 Å². The highest BCUT2D eigenvalue weighted by atomic mass is 35.5. The number of ether oxygens (including phenoxy) is 2. The summed E-state index contributed by atoms with van der Waals surface area (Å²) >= 11 is 5.93. The zero-order chi connectivity index (χ0) is 15.6. The molecule has 0 bridgehead atoms. The molecule has 1 saturated heterocycles. The molecule has 1 saturated carbocycles. The van der Waals surface area contributed by atoms with Crippen molar-refractivity contribution in [2.75, 3.05) is 13.1 Å². The van der Waals surface area contributed by atoms with E-state index in [0.717, 1.165) is 42.1 Å². The SMILES string of the molecule is CC1(c2ccc(Cl)cn2)Oc2cccc([C@@H]3[C@@H]4CNC[C@@H]43)c2O1. The van der Waals surface area contributed by atoms with Gasteiger partial charge in [0, 0.05) is 18.7 Å². The fraction of sp³-hybridized carbons (Fsp3) is 0.389. The molecule has 1 N–H and O–H groups in total. The Balaban J connectivity index is 1.50. The number of hydrogen-bond acceptors (Lipinski definition) is 4. The van der Waals surface area contributed by atoms with Gasteiger partial charge in [-0.15, -0.1) is 0 Å². The van der Waals surface area contributed by atoms with Crippen LogP contribution in [0, 0.1) is 11.8 Å². The lowest BCUT2D eigenvalue weighted by molar-refractivity contribution is -0.0721. The predicted molar refractivity (Wildman–Crippen MR) is 86.9 cm³/mol. The summed E-state index contributed by atoms with van der Waals surface area (Å²) in [5, 5.41) is 4.05. The van der Waals surface area contributed by atoms with Gasteiger partial charge in [0.1, 0.15) is 5.69 Å². The molecule has 3 heterocycles. The van der Waals surface area contributed by atoms with Gasteiger partial charge in [-0.1, -0.05) is 23.7 Å². The third kappa shape index (κ3) is 1.98. The number of nitrogens with one attached hydrogen (secondary N) is 1. The van der Waals surface area contributed by atoms with Gasteiger partial charge in [0.25, 0.3) is 5.79 Å². The van der Waals surface area contributed by atoms with E-state index < -0.39 is 5.79 Å². The lowest BCUT2D eigenvalue weighted by atomic mass is 10.1. The summed E-state index contributed by atoms with van der Waals surface area (Å²) in [5.41, 5.74) is 2.00. The fourth-order valence-electron chi connectivity index (χ4n) is 4.04. The third-order valence-corrected chi connectivity index (χ3v) is 5.48. The zero-order valence-electron chi connectivity index (χ0n) is 12.8. The smallest absolute Gasteiger partial charge is 0.292 e. The van der Waals surface area contributed by atoms with Crippen LogP contribution in [0.1, 0.15) is 24.1 Å². The second-order valence-electron chi connectivity index (χ2n) is 6.70. The van der Waals surface area contributed by atoms with Crippen LogP contribution in [0.15, 0.2) is 36.5 Å². The van der Waals surface area contributed by atoms with Crippen LogP contribution in [0.2, 0.25) is 5.02 Å². The molecular formula is C18H17ClN2O2. The zero-order valence-corrected chi connectivity index (χ0v) is 13.5. The van der Waals surface area contributed by atoms with E-state index in [4.69, 9.17) is 21.1 Å². The molecule has 2 aromatic rings. The predicted octanol–water partition coefficient (Wildman–Crippen LogP) is 3.31. The standard InChI is InChI=1S/C18H17ClN2O2/c1-18(15-6-5-10(19)7-21-15)22-14-4-2-3-11(17(14)23-18)16-12-8-20-9-13(12)16/h2-7,12-13,16,20H,8-9H2,1H3/t12-,13+,16-,18?. The number of halogens is 1. The second kappa shape index (κ2) is 4.62. The molecule has 1 aromatic carbocycles. The van der Waals surface area contributed by atoms with Crippen molar-refractivity contribution in [1.29, 1.82) is 0 Å². The van der Waals surface area contributed by atoms with E-state index in [0.29, 0.717) is 10.9 Å². The monoisotopic (exact) mass is 328 g/mol. The van der Waals surface area contributed by atoms with Crippen LogP contribution in [0.5, 0.6) is 11.5 Å². The second-order valence-corrected chi connectivity index (χ2v) is 7.13. The van der Waals surface area contributed by atoms with Gasteiger partial charge in [-0.3, -0.25) is 4.98 Å². The Morgan fingerprint density at radius 1 is 1.17 bits per heavy atom. The highest BCUT2D eigenvalue weighted by Gasteiger charge is 2.55. The van der Waals surface area contributed by atoms with Crippen LogP contribution in [0.4, 0.5) is 0 Å². The molecule has 1 aromatic heterocycles. The topological polar surface area (TPSA) is 43.4 Å². The van der Waals surface area contributed by atoms with E-state index in [-0.39, 0.29) is 0 Å². The average molecular weight is 329 g/mol. The van der Waals surface area contributed by atoms with Gasteiger partial charge in [0.05, 0.1) is 5.02 Å². The maximum atomic E-state index is 6.27. The summed E-state index contributed by atoms with van der Waals surface area (Å²) in [6.45, 7) is 4.12. The van der Waals surface area contributed by atoms with E-state index in [1.165, 1.54) is 5.56 Å². The summed E-state index contributed by atoms with van der Waals surface area (Å²) in [6.07, 6.45) is 1.62. The molecule has 4 nitrogen and oxygen atoms in total. The number of para-hydroxylation sites is 1. The van der Waals surface area contributed by atoms with Gasteiger partial charge in [0.2, 0.25) is 0 Å². The third-order valence-electron chi connectivity index (χ3n) is 5.25. The minimum absolute atomic E-state index is 0.593. The molecule has 2 fully saturated rings. The van der Waals surface area contributed by atoms with E-state index in [9.17, 15) is 0 Å². The highest BCUT2D eigenvalue weighted by Crippen LogP contribution is 2.60. The van der Waals surface area contributed by atoms with Crippen molar-refractivity contribution in [3.63, 3.8) is 0 Å². The molecule has 118 valence electrons. The van der Waals surface area contributed by atoms with E-state index in [1.807, 2.05) is 25.1 Å². The van der Waals surface area contributed by atoms with Crippen molar-refractivity contribution in [1.82, 2.24) is 10.3 Å². The summed E-state index contributed by atoms with van der Waals surface area (Å²) in [4.78, 5) is 4.37. The van der Waals surface area contributed by atoms with Crippen molar-refractivity contribution in [2.45, 2.75) is 18.6 Å². The summed E-state index contributed by atoms with van der Waals surface area (Å²) in [5.74, 6) is 2.86. The number of rotatable bonds is 2. The number of hydrogen-bond donors (Lipinski definition) is 1. The van der Waals surface area contributed by atoms with Crippen LogP contribution < -0.4 is 14.8 Å². The van der Waals surface area contributed by atoms with Gasteiger partial charge in [-0.05, 0) is 49.0 Å². The van der Waals surface area contributed by atoms with Gasteiger partial charge in [-0.25, -0.2) is 0 Å². The van der Waals surface area contributed by atoms with E-state index >= 15 is 0 Å². The molecule has 23 heavy (non-hydrogen) atoms. The average Bonchev–Trinajstić information content (AvgIpc) is 2.89. The van der Waals surface area contributed by atoms with Gasteiger partial charge < -0.3 is 14.8 Å². The van der Waals surface area contributed by atoms with Crippen LogP contribution in [0.3, 0.4) is 0 Å². The Hall–Kier alpha value is -1.78. The Morgan fingerprint density at radius 3 is 2.74 bits per heavy atom. The van der Waals surface area contributed by atoms with Crippen molar-refractivity contribution >= 4 is 11.6 Å². The highest BCUT2D eigenvalue weighted by molar-refractivity contribution is 6.30. The summed E-state index contributed by atoms with van der Waals surface area (Å²) < 4.78 is 12.4.